The summed E-state index contributed by atoms with van der Waals surface area (Å²) in [6.45, 7) is 2.64. The summed E-state index contributed by atoms with van der Waals surface area (Å²) in [6, 6.07) is 23.2. The predicted molar refractivity (Wildman–Crippen MR) is 126 cm³/mol. The van der Waals surface area contributed by atoms with Crippen LogP contribution < -0.4 is 14.7 Å². The zero-order chi connectivity index (χ0) is 22.9. The van der Waals surface area contributed by atoms with Crippen molar-refractivity contribution in [3.63, 3.8) is 0 Å². The van der Waals surface area contributed by atoms with Crippen molar-refractivity contribution in [1.82, 2.24) is 0 Å². The Morgan fingerprint density at radius 1 is 0.879 bits per heavy atom. The van der Waals surface area contributed by atoms with Crippen molar-refractivity contribution in [2.45, 2.75) is 25.5 Å². The molecule has 5 rings (SSSR count). The van der Waals surface area contributed by atoms with Gasteiger partial charge in [0.25, 0.3) is 5.91 Å². The summed E-state index contributed by atoms with van der Waals surface area (Å²) in [4.78, 5) is 34.4. The second-order valence-electron chi connectivity index (χ2n) is 8.03. The van der Waals surface area contributed by atoms with E-state index in [1.807, 2.05) is 55.5 Å². The third-order valence-electron chi connectivity index (χ3n) is 5.92. The van der Waals surface area contributed by atoms with Gasteiger partial charge in [0.2, 0.25) is 5.91 Å². The molecule has 3 aromatic carbocycles. The summed E-state index contributed by atoms with van der Waals surface area (Å²) in [7, 11) is 0. The summed E-state index contributed by atoms with van der Waals surface area (Å²) in [5, 5.41) is 2.16. The number of hydroxylamine groups is 1. The first-order chi connectivity index (χ1) is 16.1. The molecule has 2 heterocycles. The largest absolute Gasteiger partial charge is 0.494 e. The number of amides is 2. The third kappa shape index (κ3) is 3.75. The van der Waals surface area contributed by atoms with Crippen molar-refractivity contribution in [3.05, 3.63) is 89.4 Å². The van der Waals surface area contributed by atoms with E-state index in [4.69, 9.17) is 21.2 Å². The fourth-order valence-electron chi connectivity index (χ4n) is 4.41. The molecule has 7 heteroatoms. The molecule has 168 valence electrons. The van der Waals surface area contributed by atoms with E-state index in [0.717, 1.165) is 17.7 Å². The van der Waals surface area contributed by atoms with Crippen LogP contribution in [0.5, 0.6) is 5.75 Å². The number of para-hydroxylation sites is 1. The Morgan fingerprint density at radius 3 is 2.27 bits per heavy atom. The number of imide groups is 1. The van der Waals surface area contributed by atoms with Gasteiger partial charge in [-0.3, -0.25) is 14.4 Å². The highest BCUT2D eigenvalue weighted by Crippen LogP contribution is 2.48. The summed E-state index contributed by atoms with van der Waals surface area (Å²) in [5.41, 5.74) is 1.99. The van der Waals surface area contributed by atoms with Gasteiger partial charge in [0, 0.05) is 5.02 Å². The van der Waals surface area contributed by atoms with E-state index < -0.39 is 18.1 Å². The highest BCUT2D eigenvalue weighted by atomic mass is 35.5. The number of fused-ring (bicyclic) bond motifs is 1. The first-order valence-electron chi connectivity index (χ1n) is 11.0. The first-order valence-corrected chi connectivity index (χ1v) is 11.3. The van der Waals surface area contributed by atoms with Crippen LogP contribution in [-0.4, -0.2) is 24.5 Å². The molecule has 0 aliphatic carbocycles. The van der Waals surface area contributed by atoms with E-state index in [0.29, 0.717) is 23.1 Å². The smallest absolute Gasteiger partial charge is 0.266 e. The minimum atomic E-state index is -0.935. The van der Waals surface area contributed by atoms with E-state index in [9.17, 15) is 9.59 Å². The SMILES string of the molecule is CCCOc1ccc(N2C(=O)[C@H]3[C@H](ON(c4ccccc4)[C@@H]3c3ccccc3Cl)C2=O)cc1. The third-order valence-corrected chi connectivity index (χ3v) is 6.26. The lowest BCUT2D eigenvalue weighted by atomic mass is 9.90. The Labute approximate surface area is 197 Å². The van der Waals surface area contributed by atoms with Crippen molar-refractivity contribution < 1.29 is 19.2 Å². The summed E-state index contributed by atoms with van der Waals surface area (Å²) in [6.07, 6.45) is -0.0395. The summed E-state index contributed by atoms with van der Waals surface area (Å²) >= 11 is 6.54. The number of hydrogen-bond donors (Lipinski definition) is 0. The van der Waals surface area contributed by atoms with Gasteiger partial charge >= 0.3 is 0 Å². The number of anilines is 2. The van der Waals surface area contributed by atoms with E-state index >= 15 is 0 Å². The Morgan fingerprint density at radius 2 is 1.58 bits per heavy atom. The molecule has 33 heavy (non-hydrogen) atoms. The normalized spacial score (nSPS) is 22.1. The molecule has 3 aromatic rings. The van der Waals surface area contributed by atoms with Gasteiger partial charge in [-0.05, 0) is 54.4 Å². The molecule has 0 radical (unpaired) electrons. The summed E-state index contributed by atoms with van der Waals surface area (Å²) in [5.74, 6) is -0.729. The van der Waals surface area contributed by atoms with Gasteiger partial charge < -0.3 is 4.74 Å². The van der Waals surface area contributed by atoms with Crippen LogP contribution in [0.25, 0.3) is 0 Å². The van der Waals surface area contributed by atoms with Crippen LogP contribution in [0, 0.1) is 5.92 Å². The molecule has 2 aliphatic heterocycles. The molecule has 2 fully saturated rings. The lowest BCUT2D eigenvalue weighted by Gasteiger charge is -2.29. The van der Waals surface area contributed by atoms with Gasteiger partial charge in [0.1, 0.15) is 11.7 Å². The number of nitrogens with zero attached hydrogens (tertiary/aromatic N) is 2. The average molecular weight is 463 g/mol. The number of rotatable bonds is 6. The average Bonchev–Trinajstić information content (AvgIpc) is 3.35. The topological polar surface area (TPSA) is 59.1 Å². The molecule has 0 saturated carbocycles. The molecule has 0 bridgehead atoms. The predicted octanol–water partition coefficient (Wildman–Crippen LogP) is 5.18. The molecular weight excluding hydrogens is 440 g/mol. The number of benzene rings is 3. The molecule has 2 saturated heterocycles. The second-order valence-corrected chi connectivity index (χ2v) is 8.44. The van der Waals surface area contributed by atoms with E-state index in [1.165, 1.54) is 4.90 Å². The van der Waals surface area contributed by atoms with Gasteiger partial charge in [-0.1, -0.05) is 54.9 Å². The molecule has 0 unspecified atom stereocenters. The molecule has 2 aliphatic rings. The Hall–Kier alpha value is -3.35. The lowest BCUT2D eigenvalue weighted by Crippen LogP contribution is -2.37. The standard InChI is InChI=1S/C26H23ClN2O4/c1-2-16-32-19-14-12-17(13-15-19)28-25(30)22-23(20-10-6-7-11-21(20)27)29(33-24(22)26(28)31)18-8-4-3-5-9-18/h3-15,22-24H,2,16H2,1H3/t22-,23-,24+/m1/s1. The van der Waals surface area contributed by atoms with Crippen LogP contribution in [0.4, 0.5) is 11.4 Å². The maximum Gasteiger partial charge on any atom is 0.266 e. The van der Waals surface area contributed by atoms with E-state index in [-0.39, 0.29) is 11.8 Å². The van der Waals surface area contributed by atoms with Gasteiger partial charge in [-0.2, -0.15) is 0 Å². The maximum atomic E-state index is 13.7. The molecule has 0 aromatic heterocycles. The molecule has 0 spiro atoms. The zero-order valence-electron chi connectivity index (χ0n) is 18.1. The van der Waals surface area contributed by atoms with Crippen LogP contribution in [0.2, 0.25) is 5.02 Å². The highest BCUT2D eigenvalue weighted by molar-refractivity contribution is 6.31. The minimum Gasteiger partial charge on any atom is -0.494 e. The second kappa shape index (κ2) is 8.89. The van der Waals surface area contributed by atoms with Crippen LogP contribution in [-0.2, 0) is 14.4 Å². The fourth-order valence-corrected chi connectivity index (χ4v) is 4.66. The van der Waals surface area contributed by atoms with Crippen molar-refractivity contribution in [2.24, 2.45) is 5.92 Å². The molecular formula is C26H23ClN2O4. The fraction of sp³-hybridized carbons (Fsp3) is 0.231. The number of ether oxygens (including phenoxy) is 1. The number of hydrogen-bond acceptors (Lipinski definition) is 5. The number of carbonyl (C=O) groups excluding carboxylic acids is 2. The van der Waals surface area contributed by atoms with Gasteiger partial charge in [-0.15, -0.1) is 0 Å². The lowest BCUT2D eigenvalue weighted by molar-refractivity contribution is -0.126. The Balaban J connectivity index is 1.51. The number of halogens is 1. The quantitative estimate of drug-likeness (QED) is 0.472. The molecule has 0 N–H and O–H groups in total. The minimum absolute atomic E-state index is 0.310. The zero-order valence-corrected chi connectivity index (χ0v) is 18.8. The molecule has 6 nitrogen and oxygen atoms in total. The molecule has 3 atom stereocenters. The highest BCUT2D eigenvalue weighted by Gasteiger charge is 2.60. The van der Waals surface area contributed by atoms with Crippen LogP contribution in [0.15, 0.2) is 78.9 Å². The van der Waals surface area contributed by atoms with Gasteiger partial charge in [0.05, 0.1) is 24.0 Å². The molecule has 2 amide bonds. The number of carbonyl (C=O) groups is 2. The maximum absolute atomic E-state index is 13.7. The van der Waals surface area contributed by atoms with Crippen molar-refractivity contribution in [3.8, 4) is 5.75 Å². The van der Waals surface area contributed by atoms with Gasteiger partial charge in [0.15, 0.2) is 6.10 Å². The van der Waals surface area contributed by atoms with Crippen molar-refractivity contribution in [2.75, 3.05) is 16.6 Å². The van der Waals surface area contributed by atoms with Crippen LogP contribution >= 0.6 is 11.6 Å². The summed E-state index contributed by atoms with van der Waals surface area (Å²) < 4.78 is 5.62. The van der Waals surface area contributed by atoms with Crippen LogP contribution in [0.3, 0.4) is 0 Å². The van der Waals surface area contributed by atoms with Crippen molar-refractivity contribution >= 4 is 34.8 Å². The van der Waals surface area contributed by atoms with Crippen molar-refractivity contribution in [1.29, 1.82) is 0 Å². The van der Waals surface area contributed by atoms with Gasteiger partial charge in [-0.25, -0.2) is 9.96 Å². The first kappa shape index (κ1) is 21.5. The Bertz CT molecular complexity index is 1170. The Kier molecular flexibility index (Phi) is 5.79. The van der Waals surface area contributed by atoms with E-state index in [1.54, 1.807) is 35.4 Å². The van der Waals surface area contributed by atoms with E-state index in [2.05, 4.69) is 0 Å². The monoisotopic (exact) mass is 462 g/mol. The van der Waals surface area contributed by atoms with Crippen LogP contribution in [0.1, 0.15) is 24.9 Å².